The molecule has 0 aliphatic heterocycles. The van der Waals surface area contributed by atoms with Crippen molar-refractivity contribution in [1.29, 1.82) is 0 Å². The van der Waals surface area contributed by atoms with Gasteiger partial charge < -0.3 is 19.5 Å². The molecule has 1 aromatic rings. The fourth-order valence-corrected chi connectivity index (χ4v) is 2.79. The summed E-state index contributed by atoms with van der Waals surface area (Å²) in [6.07, 6.45) is 4.66. The van der Waals surface area contributed by atoms with Crippen LogP contribution < -0.4 is 14.8 Å². The highest BCUT2D eigenvalue weighted by atomic mass is 16.6. The molecule has 0 heterocycles. The molecule has 0 saturated heterocycles. The first-order valence-electron chi connectivity index (χ1n) is 8.94. The Bertz CT molecular complexity index is 551. The molecule has 1 unspecified atom stereocenters. The zero-order chi connectivity index (χ0) is 18.1. The average Bonchev–Trinajstić information content (AvgIpc) is 2.62. The molecule has 6 heteroatoms. The van der Waals surface area contributed by atoms with E-state index in [2.05, 4.69) is 5.32 Å². The van der Waals surface area contributed by atoms with Gasteiger partial charge in [-0.2, -0.15) is 0 Å². The summed E-state index contributed by atoms with van der Waals surface area (Å²) in [7, 11) is 0. The fraction of sp³-hybridized carbons (Fsp3) is 0.579. The van der Waals surface area contributed by atoms with Crippen LogP contribution in [0.3, 0.4) is 0 Å². The van der Waals surface area contributed by atoms with Crippen LogP contribution in [0.2, 0.25) is 0 Å². The number of carbonyl (C=O) groups is 2. The third-order valence-corrected chi connectivity index (χ3v) is 4.12. The van der Waals surface area contributed by atoms with Gasteiger partial charge in [0.2, 0.25) is 0 Å². The van der Waals surface area contributed by atoms with Crippen molar-refractivity contribution < 1.29 is 23.8 Å². The van der Waals surface area contributed by atoms with Crippen LogP contribution in [0.25, 0.3) is 0 Å². The SMILES string of the molecule is CCOc1ccc(OCC(=O)OC(C)C(=O)NC2CCCCC2)cc1. The fourth-order valence-electron chi connectivity index (χ4n) is 2.79. The monoisotopic (exact) mass is 349 g/mol. The highest BCUT2D eigenvalue weighted by Crippen LogP contribution is 2.18. The third-order valence-electron chi connectivity index (χ3n) is 4.12. The Morgan fingerprint density at radius 2 is 1.68 bits per heavy atom. The second-order valence-corrected chi connectivity index (χ2v) is 6.17. The molecule has 0 bridgehead atoms. The lowest BCUT2D eigenvalue weighted by molar-refractivity contribution is -0.156. The van der Waals surface area contributed by atoms with Crippen LogP contribution in [0, 0.1) is 0 Å². The molecule has 1 aliphatic rings. The van der Waals surface area contributed by atoms with Gasteiger partial charge in [0.15, 0.2) is 12.7 Å². The zero-order valence-electron chi connectivity index (χ0n) is 15.0. The lowest BCUT2D eigenvalue weighted by atomic mass is 9.95. The van der Waals surface area contributed by atoms with Gasteiger partial charge in [-0.25, -0.2) is 4.79 Å². The Morgan fingerprint density at radius 3 is 2.28 bits per heavy atom. The van der Waals surface area contributed by atoms with Crippen LogP contribution in [0.15, 0.2) is 24.3 Å². The van der Waals surface area contributed by atoms with E-state index in [1.807, 2.05) is 6.92 Å². The molecule has 0 aromatic heterocycles. The third kappa shape index (κ3) is 6.64. The zero-order valence-corrected chi connectivity index (χ0v) is 15.0. The van der Waals surface area contributed by atoms with Crippen molar-refractivity contribution in [3.63, 3.8) is 0 Å². The lowest BCUT2D eigenvalue weighted by Gasteiger charge is -2.24. The lowest BCUT2D eigenvalue weighted by Crippen LogP contribution is -2.43. The van der Waals surface area contributed by atoms with E-state index in [0.29, 0.717) is 12.4 Å². The van der Waals surface area contributed by atoms with E-state index in [4.69, 9.17) is 14.2 Å². The molecule has 138 valence electrons. The number of carbonyl (C=O) groups excluding carboxylic acids is 2. The number of nitrogens with one attached hydrogen (secondary N) is 1. The summed E-state index contributed by atoms with van der Waals surface area (Å²) in [5, 5.41) is 2.95. The van der Waals surface area contributed by atoms with Gasteiger partial charge in [0.25, 0.3) is 5.91 Å². The maximum absolute atomic E-state index is 12.1. The van der Waals surface area contributed by atoms with E-state index >= 15 is 0 Å². The Kier molecular flexibility index (Phi) is 7.57. The van der Waals surface area contributed by atoms with Crippen LogP contribution in [-0.2, 0) is 14.3 Å². The minimum absolute atomic E-state index is 0.197. The van der Waals surface area contributed by atoms with Crippen molar-refractivity contribution >= 4 is 11.9 Å². The molecule has 1 fully saturated rings. The predicted molar refractivity (Wildman–Crippen MR) is 93.7 cm³/mol. The molecule has 1 amide bonds. The van der Waals surface area contributed by atoms with Gasteiger partial charge >= 0.3 is 5.97 Å². The number of esters is 1. The first-order valence-corrected chi connectivity index (χ1v) is 8.94. The number of benzene rings is 1. The number of ether oxygens (including phenoxy) is 3. The molecular formula is C19H27NO5. The van der Waals surface area contributed by atoms with Gasteiger partial charge in [0, 0.05) is 6.04 Å². The summed E-state index contributed by atoms with van der Waals surface area (Å²) in [5.74, 6) is 0.464. The van der Waals surface area contributed by atoms with Gasteiger partial charge in [-0.1, -0.05) is 19.3 Å². The highest BCUT2D eigenvalue weighted by molar-refractivity contribution is 5.83. The second-order valence-electron chi connectivity index (χ2n) is 6.17. The first-order chi connectivity index (χ1) is 12.1. The minimum atomic E-state index is -0.821. The molecule has 2 rings (SSSR count). The maximum Gasteiger partial charge on any atom is 0.344 e. The predicted octanol–water partition coefficient (Wildman–Crippen LogP) is 2.84. The Balaban J connectivity index is 1.70. The van der Waals surface area contributed by atoms with Crippen molar-refractivity contribution in [3.8, 4) is 11.5 Å². The molecule has 25 heavy (non-hydrogen) atoms. The van der Waals surface area contributed by atoms with Crippen LogP contribution in [0.4, 0.5) is 0 Å². The van der Waals surface area contributed by atoms with E-state index in [1.54, 1.807) is 31.2 Å². The maximum atomic E-state index is 12.1. The second kappa shape index (κ2) is 9.91. The molecule has 0 radical (unpaired) electrons. The summed E-state index contributed by atoms with van der Waals surface area (Å²) >= 11 is 0. The van der Waals surface area contributed by atoms with E-state index in [-0.39, 0.29) is 18.6 Å². The summed E-state index contributed by atoms with van der Waals surface area (Å²) < 4.78 is 15.8. The smallest absolute Gasteiger partial charge is 0.344 e. The number of rotatable bonds is 8. The molecule has 1 aliphatic carbocycles. The Morgan fingerprint density at radius 1 is 1.08 bits per heavy atom. The Hall–Kier alpha value is -2.24. The molecule has 1 saturated carbocycles. The number of amides is 1. The first kappa shape index (κ1) is 19.1. The van der Waals surface area contributed by atoms with Crippen LogP contribution in [0.5, 0.6) is 11.5 Å². The van der Waals surface area contributed by atoms with Crippen LogP contribution in [0.1, 0.15) is 46.0 Å². The van der Waals surface area contributed by atoms with Gasteiger partial charge in [-0.3, -0.25) is 4.79 Å². The molecule has 1 aromatic carbocycles. The van der Waals surface area contributed by atoms with E-state index in [0.717, 1.165) is 31.4 Å². The summed E-state index contributed by atoms with van der Waals surface area (Å²) in [5.41, 5.74) is 0. The van der Waals surface area contributed by atoms with Crippen molar-refractivity contribution in [2.45, 2.75) is 58.1 Å². The van der Waals surface area contributed by atoms with Gasteiger partial charge in [0.05, 0.1) is 6.61 Å². The summed E-state index contributed by atoms with van der Waals surface area (Å²) in [6.45, 7) is 3.83. The van der Waals surface area contributed by atoms with Crippen LogP contribution >= 0.6 is 0 Å². The van der Waals surface area contributed by atoms with E-state index < -0.39 is 12.1 Å². The van der Waals surface area contributed by atoms with Gasteiger partial charge in [-0.15, -0.1) is 0 Å². The van der Waals surface area contributed by atoms with Gasteiger partial charge in [0.1, 0.15) is 11.5 Å². The molecule has 1 N–H and O–H groups in total. The summed E-state index contributed by atoms with van der Waals surface area (Å²) in [6, 6.07) is 7.17. The van der Waals surface area contributed by atoms with Crippen molar-refractivity contribution in [3.05, 3.63) is 24.3 Å². The van der Waals surface area contributed by atoms with Crippen LogP contribution in [-0.4, -0.2) is 37.2 Å². The van der Waals surface area contributed by atoms with E-state index in [1.165, 1.54) is 6.42 Å². The number of hydrogen-bond acceptors (Lipinski definition) is 5. The highest BCUT2D eigenvalue weighted by Gasteiger charge is 2.22. The van der Waals surface area contributed by atoms with E-state index in [9.17, 15) is 9.59 Å². The van der Waals surface area contributed by atoms with Crippen molar-refractivity contribution in [2.75, 3.05) is 13.2 Å². The topological polar surface area (TPSA) is 73.9 Å². The largest absolute Gasteiger partial charge is 0.494 e. The molecular weight excluding hydrogens is 322 g/mol. The number of hydrogen-bond donors (Lipinski definition) is 1. The van der Waals surface area contributed by atoms with Crippen molar-refractivity contribution in [2.24, 2.45) is 0 Å². The minimum Gasteiger partial charge on any atom is -0.494 e. The quantitative estimate of drug-likeness (QED) is 0.731. The average molecular weight is 349 g/mol. The molecule has 0 spiro atoms. The summed E-state index contributed by atoms with van der Waals surface area (Å²) in [4.78, 5) is 23.9. The van der Waals surface area contributed by atoms with Crippen molar-refractivity contribution in [1.82, 2.24) is 5.32 Å². The standard InChI is InChI=1S/C19H27NO5/c1-3-23-16-9-11-17(12-10-16)24-13-18(21)25-14(2)19(22)20-15-7-5-4-6-8-15/h9-12,14-15H,3-8,13H2,1-2H3,(H,20,22). The molecule has 1 atom stereocenters. The molecule has 6 nitrogen and oxygen atoms in total. The van der Waals surface area contributed by atoms with Gasteiger partial charge in [-0.05, 0) is 51.0 Å². The Labute approximate surface area is 148 Å². The normalized spacial score (nSPS) is 15.9.